The fraction of sp³-hybridized carbons (Fsp3) is 0.237. The van der Waals surface area contributed by atoms with Crippen molar-refractivity contribution in [2.24, 2.45) is 0 Å². The highest BCUT2D eigenvalue weighted by Crippen LogP contribution is 2.22. The summed E-state index contributed by atoms with van der Waals surface area (Å²) < 4.78 is 0. The number of nitrogens with zero attached hydrogens (tertiary/aromatic N) is 6. The first kappa shape index (κ1) is 88.4. The molecule has 6 aromatic carbocycles. The van der Waals surface area contributed by atoms with E-state index in [2.05, 4.69) is 305 Å². The molecule has 6 heterocycles. The van der Waals surface area contributed by atoms with Gasteiger partial charge in [0.2, 0.25) is 0 Å². The van der Waals surface area contributed by atoms with Gasteiger partial charge in [-0.1, -0.05) is 202 Å². The largest absolute Gasteiger partial charge is 0.260 e. The van der Waals surface area contributed by atoms with Crippen LogP contribution in [0.5, 0.6) is 0 Å². The van der Waals surface area contributed by atoms with Crippen LogP contribution in [0.2, 0.25) is 0 Å². The third-order valence-electron chi connectivity index (χ3n) is 12.6. The summed E-state index contributed by atoms with van der Waals surface area (Å²) in [5, 5.41) is 13.2. The van der Waals surface area contributed by atoms with E-state index >= 15 is 0 Å². The third kappa shape index (κ3) is 32.4. The van der Waals surface area contributed by atoms with Gasteiger partial charge in [-0.05, 0) is 157 Å². The molecular weight excluding hydrogens is 1370 g/mol. The molecule has 12 unspecified atom stereocenters. The third-order valence-corrected chi connectivity index (χ3v) is 17.5. The zero-order valence-corrected chi connectivity index (χ0v) is 71.3. The SMILES string of the molecule is CC.CC.CC.CC.CC.CC.PCc1cc2ccc(P)cc2cn1.PCc1ccc(-c2ccc(P)cc2)nc1.PCc1ccc(-c2ccc(P)cn2)cc1.PCc1ccc2cc(P)cnc2c1.PCc1ccc2cc(P)ncc2c1.PCc1cnc2cc(P)ccc2c1. The maximum atomic E-state index is 4.43. The molecule has 0 radical (unpaired) electrons. The van der Waals surface area contributed by atoms with Crippen molar-refractivity contribution in [2.45, 2.75) is 120 Å². The summed E-state index contributed by atoms with van der Waals surface area (Å²) in [4.78, 5) is 26.1. The number of hydrogen-bond acceptors (Lipinski definition) is 6. The highest BCUT2D eigenvalue weighted by Gasteiger charge is 2.03. The van der Waals surface area contributed by atoms with Crippen LogP contribution >= 0.6 is 111 Å². The van der Waals surface area contributed by atoms with Crippen molar-refractivity contribution < 1.29 is 0 Å². The molecule has 500 valence electrons. The van der Waals surface area contributed by atoms with Crippen LogP contribution in [0.25, 0.3) is 65.9 Å². The second-order valence-corrected chi connectivity index (χ2v) is 25.1. The first-order valence-corrected chi connectivity index (χ1v) is 40.5. The van der Waals surface area contributed by atoms with Crippen LogP contribution in [0.4, 0.5) is 0 Å². The van der Waals surface area contributed by atoms with Crippen molar-refractivity contribution in [1.82, 2.24) is 29.9 Å². The lowest BCUT2D eigenvalue weighted by Gasteiger charge is -2.02. The molecule has 0 spiro atoms. The molecule has 94 heavy (non-hydrogen) atoms. The van der Waals surface area contributed by atoms with E-state index in [0.29, 0.717) is 0 Å². The molecule has 0 fully saturated rings. The monoisotopic (exact) mass is 1470 g/mol. The summed E-state index contributed by atoms with van der Waals surface area (Å²) in [7, 11) is 32.2. The zero-order valence-electron chi connectivity index (χ0n) is 57.5. The van der Waals surface area contributed by atoms with Crippen molar-refractivity contribution in [1.29, 1.82) is 0 Å². The van der Waals surface area contributed by atoms with Gasteiger partial charge in [0.25, 0.3) is 0 Å². The van der Waals surface area contributed by atoms with E-state index in [1.807, 2.05) is 126 Å². The van der Waals surface area contributed by atoms with Crippen molar-refractivity contribution in [3.05, 3.63) is 241 Å². The Morgan fingerprint density at radius 2 is 0.617 bits per heavy atom. The molecule has 12 rings (SSSR count). The molecule has 6 aromatic heterocycles. The van der Waals surface area contributed by atoms with E-state index in [1.165, 1.54) is 81.6 Å². The number of fused-ring (bicyclic) bond motifs is 4. The minimum Gasteiger partial charge on any atom is -0.260 e. The maximum Gasteiger partial charge on any atom is 0.0708 e. The molecule has 0 saturated carbocycles. The van der Waals surface area contributed by atoms with Crippen LogP contribution in [0.1, 0.15) is 117 Å². The molecule has 0 aliphatic carbocycles. The average molecular weight is 1480 g/mol. The Balaban J connectivity index is 0.000000546. The molecule has 0 N–H and O–H groups in total. The predicted molar refractivity (Wildman–Crippen MR) is 471 cm³/mol. The van der Waals surface area contributed by atoms with Crippen LogP contribution in [-0.4, -0.2) is 29.9 Å². The van der Waals surface area contributed by atoms with E-state index in [-0.39, 0.29) is 0 Å². The van der Waals surface area contributed by atoms with E-state index in [1.54, 1.807) is 0 Å². The fourth-order valence-electron chi connectivity index (χ4n) is 8.02. The smallest absolute Gasteiger partial charge is 0.0708 e. The predicted octanol–water partition coefficient (Wildman–Crippen LogP) is 19.8. The second-order valence-electron chi connectivity index (χ2n) is 18.7. The highest BCUT2D eigenvalue weighted by atomic mass is 31.0. The summed E-state index contributed by atoms with van der Waals surface area (Å²) >= 11 is 0. The number of rotatable bonds is 8. The van der Waals surface area contributed by atoms with E-state index in [4.69, 9.17) is 0 Å². The van der Waals surface area contributed by atoms with E-state index < -0.39 is 0 Å². The number of hydrogen-bond donors (Lipinski definition) is 0. The molecule has 12 atom stereocenters. The average Bonchev–Trinajstić information content (AvgIpc) is 0.963. The lowest BCUT2D eigenvalue weighted by Crippen LogP contribution is -1.95. The van der Waals surface area contributed by atoms with Gasteiger partial charge < -0.3 is 0 Å². The molecule has 0 aliphatic rings. The van der Waals surface area contributed by atoms with Crippen molar-refractivity contribution in [3.63, 3.8) is 0 Å². The fourth-order valence-corrected chi connectivity index (χ4v) is 10.9. The second kappa shape index (κ2) is 53.4. The lowest BCUT2D eigenvalue weighted by atomic mass is 10.1. The zero-order chi connectivity index (χ0) is 70.4. The summed E-state index contributed by atoms with van der Waals surface area (Å²) in [6.07, 6.45) is 17.3. The topological polar surface area (TPSA) is 77.3 Å². The van der Waals surface area contributed by atoms with Gasteiger partial charge in [0, 0.05) is 81.7 Å². The Hall–Kier alpha value is -3.58. The van der Waals surface area contributed by atoms with Crippen LogP contribution in [0, 0.1) is 0 Å². The summed E-state index contributed by atoms with van der Waals surface area (Å²) in [6, 6.07) is 59.1. The number of pyridine rings is 6. The van der Waals surface area contributed by atoms with E-state index in [9.17, 15) is 0 Å². The highest BCUT2D eigenvalue weighted by molar-refractivity contribution is 7.28. The molecule has 0 amide bonds. The van der Waals surface area contributed by atoms with Crippen molar-refractivity contribution in [3.8, 4) is 22.5 Å². The molecule has 12 aromatic rings. The minimum absolute atomic E-state index is 0.915. The van der Waals surface area contributed by atoms with Gasteiger partial charge in [-0.3, -0.25) is 29.9 Å². The van der Waals surface area contributed by atoms with Gasteiger partial charge >= 0.3 is 0 Å². The van der Waals surface area contributed by atoms with E-state index in [0.717, 1.165) is 86.7 Å². The van der Waals surface area contributed by atoms with Crippen molar-refractivity contribution in [2.75, 3.05) is 0 Å². The Kier molecular flexibility index (Phi) is 50.2. The molecule has 0 saturated heterocycles. The Morgan fingerprint density at radius 3 is 1.17 bits per heavy atom. The first-order valence-electron chi connectivity index (χ1n) is 32.2. The van der Waals surface area contributed by atoms with Gasteiger partial charge in [-0.15, -0.1) is 102 Å². The van der Waals surface area contributed by atoms with Crippen LogP contribution in [0.3, 0.4) is 0 Å². The Bertz CT molecular complexity index is 3540. The summed E-state index contributed by atoms with van der Waals surface area (Å²) in [6.45, 7) is 24.0. The summed E-state index contributed by atoms with van der Waals surface area (Å²) in [5.41, 5.74) is 15.1. The van der Waals surface area contributed by atoms with Gasteiger partial charge in [-0.25, -0.2) is 0 Å². The minimum atomic E-state index is 0.915. The van der Waals surface area contributed by atoms with Gasteiger partial charge in [0.05, 0.1) is 27.9 Å². The Morgan fingerprint density at radius 1 is 0.234 bits per heavy atom. The van der Waals surface area contributed by atoms with Crippen LogP contribution < -0.4 is 32.0 Å². The molecule has 18 heteroatoms. The number of aromatic nitrogens is 6. The Labute approximate surface area is 594 Å². The van der Waals surface area contributed by atoms with Crippen LogP contribution in [0.15, 0.2) is 207 Å². The number of benzene rings is 6. The maximum absolute atomic E-state index is 4.43. The molecule has 0 aliphatic heterocycles. The normalized spacial score (nSPS) is 9.53. The van der Waals surface area contributed by atoms with Gasteiger partial charge in [0.1, 0.15) is 0 Å². The van der Waals surface area contributed by atoms with Gasteiger partial charge in [0.15, 0.2) is 0 Å². The quantitative estimate of drug-likeness (QED) is 0.141. The van der Waals surface area contributed by atoms with Crippen LogP contribution in [-0.2, 0) is 37.0 Å². The molecule has 6 nitrogen and oxygen atoms in total. The first-order chi connectivity index (χ1) is 45.8. The molecular formula is C76H106N6P12. The summed E-state index contributed by atoms with van der Waals surface area (Å²) in [5.74, 6) is 0. The molecule has 0 bridgehead atoms. The standard InChI is InChI=1S/2C12H13NP2.4C10H11NP2.6C2H6/c14-8-9-1-6-12(13-7-9)10-2-4-11(15)5-3-10;14-8-9-1-3-10(4-2-9)12-6-5-11(15)7-13-12;12-6-7-3-8-1-2-9(13)4-10(8)11-5-7;12-6-9-3-7-1-2-10(13)4-8(7)5-11-9;12-6-7-1-2-8-4-9(13)5-11-10(8)3-7;12-6-7-1-2-8-4-10(13)11-5-9(8)3-7;6*1-2/h2*1-7H,8,14-15H2;4*1-5H,6,12-13H2;6*1-2H3. The lowest BCUT2D eigenvalue weighted by molar-refractivity contribution is 1.20. The van der Waals surface area contributed by atoms with Crippen molar-refractivity contribution >= 4 is 186 Å². The van der Waals surface area contributed by atoms with Gasteiger partial charge in [-0.2, -0.15) is 0 Å².